The van der Waals surface area contributed by atoms with Crippen molar-refractivity contribution in [1.82, 2.24) is 19.7 Å². The van der Waals surface area contributed by atoms with Gasteiger partial charge in [-0.2, -0.15) is 5.10 Å². The Kier molecular flexibility index (Phi) is 3.08. The summed E-state index contributed by atoms with van der Waals surface area (Å²) in [6, 6.07) is 0. The van der Waals surface area contributed by atoms with E-state index in [-0.39, 0.29) is 0 Å². The summed E-state index contributed by atoms with van der Waals surface area (Å²) in [6.45, 7) is 0.607. The normalized spacial score (nSPS) is 10.5. The monoisotopic (exact) mass is 267 g/mol. The van der Waals surface area contributed by atoms with E-state index in [2.05, 4.69) is 31.0 Å². The van der Waals surface area contributed by atoms with E-state index in [1.54, 1.807) is 29.5 Å². The molecule has 0 aromatic carbocycles. The highest BCUT2D eigenvalue weighted by Gasteiger charge is 2.01. The zero-order valence-electron chi connectivity index (χ0n) is 7.97. The van der Waals surface area contributed by atoms with Crippen LogP contribution >= 0.6 is 15.9 Å². The van der Waals surface area contributed by atoms with Crippen molar-refractivity contribution in [1.29, 1.82) is 0 Å². The molecule has 0 unspecified atom stereocenters. The molecular weight excluding hydrogens is 258 g/mol. The zero-order chi connectivity index (χ0) is 10.7. The van der Waals surface area contributed by atoms with Crippen LogP contribution in [0.15, 0.2) is 29.3 Å². The lowest BCUT2D eigenvalue weighted by Gasteiger charge is -2.00. The van der Waals surface area contributed by atoms with Gasteiger partial charge < -0.3 is 5.73 Å². The predicted octanol–water partition coefficient (Wildman–Crippen LogP) is 0.926. The van der Waals surface area contributed by atoms with Crippen LogP contribution in [0.1, 0.15) is 5.56 Å². The Bertz CT molecular complexity index is 436. The number of aromatic nitrogens is 4. The minimum absolute atomic E-state index is 0.557. The van der Waals surface area contributed by atoms with E-state index >= 15 is 0 Å². The first-order valence-electron chi connectivity index (χ1n) is 4.51. The molecule has 0 aliphatic carbocycles. The Labute approximate surface area is 95.5 Å². The molecule has 0 fully saturated rings. The molecule has 0 amide bonds. The molecule has 0 saturated heterocycles. The summed E-state index contributed by atoms with van der Waals surface area (Å²) >= 11 is 3.31. The average Bonchev–Trinajstić information content (AvgIpc) is 2.67. The number of rotatable bonds is 3. The van der Waals surface area contributed by atoms with Gasteiger partial charge in [-0.15, -0.1) is 0 Å². The SMILES string of the molecule is NCCc1cnc(-n2cc(Br)cn2)nc1. The number of hydrogen-bond donors (Lipinski definition) is 1. The van der Waals surface area contributed by atoms with Crippen molar-refractivity contribution in [3.63, 3.8) is 0 Å². The number of halogens is 1. The highest BCUT2D eigenvalue weighted by molar-refractivity contribution is 9.10. The van der Waals surface area contributed by atoms with Crippen molar-refractivity contribution in [2.24, 2.45) is 5.73 Å². The molecule has 0 saturated carbocycles. The third kappa shape index (κ3) is 2.40. The van der Waals surface area contributed by atoms with Gasteiger partial charge in [0.1, 0.15) is 0 Å². The van der Waals surface area contributed by atoms with Crippen molar-refractivity contribution in [3.8, 4) is 5.95 Å². The standard InChI is InChI=1S/C9H10BrN5/c10-8-5-14-15(6-8)9-12-3-7(1-2-11)4-13-9/h3-6H,1-2,11H2. The summed E-state index contributed by atoms with van der Waals surface area (Å²) in [7, 11) is 0. The number of hydrogen-bond acceptors (Lipinski definition) is 4. The lowest BCUT2D eigenvalue weighted by molar-refractivity contribution is 0.799. The van der Waals surface area contributed by atoms with Crippen LogP contribution in [0.3, 0.4) is 0 Å². The molecule has 2 N–H and O–H groups in total. The zero-order valence-corrected chi connectivity index (χ0v) is 9.55. The Morgan fingerprint density at radius 2 is 2.00 bits per heavy atom. The van der Waals surface area contributed by atoms with Gasteiger partial charge in [-0.25, -0.2) is 14.6 Å². The molecule has 2 aromatic rings. The second-order valence-electron chi connectivity index (χ2n) is 3.03. The van der Waals surface area contributed by atoms with Gasteiger partial charge in [0.15, 0.2) is 0 Å². The van der Waals surface area contributed by atoms with Crippen LogP contribution in [0.25, 0.3) is 5.95 Å². The number of nitrogens with two attached hydrogens (primary N) is 1. The maximum absolute atomic E-state index is 5.43. The van der Waals surface area contributed by atoms with E-state index in [1.807, 2.05) is 0 Å². The summed E-state index contributed by atoms with van der Waals surface area (Å²) in [5.41, 5.74) is 6.47. The van der Waals surface area contributed by atoms with Crippen LogP contribution in [-0.2, 0) is 6.42 Å². The van der Waals surface area contributed by atoms with Crippen LogP contribution in [0.2, 0.25) is 0 Å². The van der Waals surface area contributed by atoms with E-state index < -0.39 is 0 Å². The Morgan fingerprint density at radius 1 is 1.27 bits per heavy atom. The van der Waals surface area contributed by atoms with Crippen molar-refractivity contribution >= 4 is 15.9 Å². The van der Waals surface area contributed by atoms with Crippen LogP contribution < -0.4 is 5.73 Å². The van der Waals surface area contributed by atoms with E-state index in [0.29, 0.717) is 12.5 Å². The van der Waals surface area contributed by atoms with Crippen LogP contribution in [0, 0.1) is 0 Å². The molecule has 0 aliphatic rings. The minimum atomic E-state index is 0.557. The second kappa shape index (κ2) is 4.50. The summed E-state index contributed by atoms with van der Waals surface area (Å²) in [5.74, 6) is 0.557. The van der Waals surface area contributed by atoms with E-state index in [4.69, 9.17) is 5.73 Å². The topological polar surface area (TPSA) is 69.6 Å². The van der Waals surface area contributed by atoms with Gasteiger partial charge in [-0.1, -0.05) is 0 Å². The van der Waals surface area contributed by atoms with Gasteiger partial charge in [-0.05, 0) is 34.5 Å². The van der Waals surface area contributed by atoms with Crippen molar-refractivity contribution in [3.05, 3.63) is 34.8 Å². The van der Waals surface area contributed by atoms with Crippen molar-refractivity contribution in [2.45, 2.75) is 6.42 Å². The second-order valence-corrected chi connectivity index (χ2v) is 3.95. The van der Waals surface area contributed by atoms with E-state index in [9.17, 15) is 0 Å². The third-order valence-corrected chi connectivity index (χ3v) is 2.29. The highest BCUT2D eigenvalue weighted by Crippen LogP contribution is 2.09. The van der Waals surface area contributed by atoms with Crippen molar-refractivity contribution < 1.29 is 0 Å². The molecule has 15 heavy (non-hydrogen) atoms. The fourth-order valence-electron chi connectivity index (χ4n) is 1.17. The maximum Gasteiger partial charge on any atom is 0.250 e. The summed E-state index contributed by atoms with van der Waals surface area (Å²) < 4.78 is 2.51. The molecule has 2 heterocycles. The van der Waals surface area contributed by atoms with Gasteiger partial charge in [0.2, 0.25) is 5.95 Å². The molecule has 2 aromatic heterocycles. The summed E-state index contributed by atoms with van der Waals surface area (Å²) in [6.07, 6.45) is 7.83. The Hall–Kier alpha value is -1.27. The lowest BCUT2D eigenvalue weighted by atomic mass is 10.2. The Balaban J connectivity index is 2.23. The minimum Gasteiger partial charge on any atom is -0.330 e. The molecule has 2 rings (SSSR count). The van der Waals surface area contributed by atoms with Crippen LogP contribution in [0.4, 0.5) is 0 Å². The smallest absolute Gasteiger partial charge is 0.250 e. The molecular formula is C9H10BrN5. The van der Waals surface area contributed by atoms with Gasteiger partial charge in [0, 0.05) is 18.6 Å². The fraction of sp³-hybridized carbons (Fsp3) is 0.222. The first kappa shape index (κ1) is 10.3. The molecule has 5 nitrogen and oxygen atoms in total. The summed E-state index contributed by atoms with van der Waals surface area (Å²) in [4.78, 5) is 8.39. The first-order valence-corrected chi connectivity index (χ1v) is 5.30. The molecule has 0 atom stereocenters. The Morgan fingerprint density at radius 3 is 2.53 bits per heavy atom. The average molecular weight is 268 g/mol. The van der Waals surface area contributed by atoms with Gasteiger partial charge in [0.25, 0.3) is 0 Å². The van der Waals surface area contributed by atoms with Gasteiger partial charge >= 0.3 is 0 Å². The van der Waals surface area contributed by atoms with E-state index in [0.717, 1.165) is 16.5 Å². The molecule has 0 bridgehead atoms. The predicted molar refractivity (Wildman–Crippen MR) is 59.6 cm³/mol. The molecule has 78 valence electrons. The van der Waals surface area contributed by atoms with Crippen LogP contribution in [0.5, 0.6) is 0 Å². The third-order valence-electron chi connectivity index (χ3n) is 1.88. The quantitative estimate of drug-likeness (QED) is 0.898. The van der Waals surface area contributed by atoms with Crippen molar-refractivity contribution in [2.75, 3.05) is 6.54 Å². The van der Waals surface area contributed by atoms with E-state index in [1.165, 1.54) is 0 Å². The lowest BCUT2D eigenvalue weighted by Crippen LogP contribution is -2.06. The highest BCUT2D eigenvalue weighted by atomic mass is 79.9. The first-order chi connectivity index (χ1) is 7.29. The fourth-order valence-corrected chi connectivity index (χ4v) is 1.46. The summed E-state index contributed by atoms with van der Waals surface area (Å²) in [5, 5.41) is 4.08. The van der Waals surface area contributed by atoms with Crippen LogP contribution in [-0.4, -0.2) is 26.3 Å². The molecule has 0 aliphatic heterocycles. The number of nitrogens with zero attached hydrogens (tertiary/aromatic N) is 4. The molecule has 0 radical (unpaired) electrons. The van der Waals surface area contributed by atoms with Gasteiger partial charge in [-0.3, -0.25) is 0 Å². The maximum atomic E-state index is 5.43. The molecule has 0 spiro atoms. The molecule has 6 heteroatoms. The van der Waals surface area contributed by atoms with Gasteiger partial charge in [0.05, 0.1) is 10.7 Å². The largest absolute Gasteiger partial charge is 0.330 e.